The van der Waals surface area contributed by atoms with Gasteiger partial charge < -0.3 is 20.5 Å². The van der Waals surface area contributed by atoms with Gasteiger partial charge in [-0.2, -0.15) is 9.78 Å². The third-order valence-electron chi connectivity index (χ3n) is 5.30. The summed E-state index contributed by atoms with van der Waals surface area (Å²) in [6.45, 7) is 7.69. The SMILES string of the molecule is CCOc1cc(C2CC(=O)Nc3c2c(C)nn3-c2nc(C)cc(C)n2)ccc1OCC(N)=O. The van der Waals surface area contributed by atoms with Gasteiger partial charge >= 0.3 is 0 Å². The molecule has 0 saturated carbocycles. The minimum Gasteiger partial charge on any atom is -0.490 e. The summed E-state index contributed by atoms with van der Waals surface area (Å²) in [7, 11) is 0. The van der Waals surface area contributed by atoms with Crippen molar-refractivity contribution < 1.29 is 19.1 Å². The maximum atomic E-state index is 12.7. The summed E-state index contributed by atoms with van der Waals surface area (Å²) in [6.07, 6.45) is 0.250. The summed E-state index contributed by atoms with van der Waals surface area (Å²) < 4.78 is 12.8. The number of anilines is 1. The molecule has 1 aromatic carbocycles. The molecule has 1 aliphatic rings. The first-order valence-corrected chi connectivity index (χ1v) is 10.7. The van der Waals surface area contributed by atoms with Gasteiger partial charge in [-0.15, -0.1) is 0 Å². The lowest BCUT2D eigenvalue weighted by atomic mass is 9.85. The Kier molecular flexibility index (Phi) is 5.99. The predicted molar refractivity (Wildman–Crippen MR) is 121 cm³/mol. The van der Waals surface area contributed by atoms with Gasteiger partial charge in [-0.25, -0.2) is 9.97 Å². The largest absolute Gasteiger partial charge is 0.490 e. The van der Waals surface area contributed by atoms with E-state index in [1.165, 1.54) is 0 Å². The van der Waals surface area contributed by atoms with Crippen LogP contribution >= 0.6 is 0 Å². The van der Waals surface area contributed by atoms with Crippen LogP contribution in [0.4, 0.5) is 5.82 Å². The van der Waals surface area contributed by atoms with Crippen LogP contribution < -0.4 is 20.5 Å². The molecule has 2 amide bonds. The maximum Gasteiger partial charge on any atom is 0.255 e. The quantitative estimate of drug-likeness (QED) is 0.564. The van der Waals surface area contributed by atoms with Gasteiger partial charge in [-0.3, -0.25) is 9.59 Å². The number of carbonyl (C=O) groups excluding carboxylic acids is 2. The minimum atomic E-state index is -0.577. The lowest BCUT2D eigenvalue weighted by Crippen LogP contribution is -2.25. The van der Waals surface area contributed by atoms with Crippen LogP contribution in [0.1, 0.15) is 47.5 Å². The highest BCUT2D eigenvalue weighted by Crippen LogP contribution is 2.42. The van der Waals surface area contributed by atoms with E-state index in [1.807, 2.05) is 45.9 Å². The molecule has 0 fully saturated rings. The molecule has 0 radical (unpaired) electrons. The number of carbonyl (C=O) groups is 2. The third-order valence-corrected chi connectivity index (χ3v) is 5.30. The molecule has 0 aliphatic carbocycles. The highest BCUT2D eigenvalue weighted by molar-refractivity contribution is 5.95. The van der Waals surface area contributed by atoms with E-state index in [2.05, 4.69) is 20.4 Å². The number of primary amides is 1. The first kappa shape index (κ1) is 22.3. The van der Waals surface area contributed by atoms with Crippen LogP contribution in [-0.4, -0.2) is 44.8 Å². The predicted octanol–water partition coefficient (Wildman–Crippen LogP) is 2.32. The van der Waals surface area contributed by atoms with Crippen LogP contribution in [0.25, 0.3) is 5.95 Å². The third kappa shape index (κ3) is 4.50. The first-order chi connectivity index (χ1) is 15.8. The standard InChI is InChI=1S/C23H26N6O4/c1-5-32-18-9-15(6-7-17(18)33-11-19(24)30)16-10-20(31)27-22-21(16)14(4)28-29(22)23-25-12(2)8-13(3)26-23/h6-9,16H,5,10-11H2,1-4H3,(H2,24,30)(H,27,31). The molecule has 3 N–H and O–H groups in total. The molecule has 33 heavy (non-hydrogen) atoms. The molecule has 10 heteroatoms. The molecule has 0 bridgehead atoms. The number of rotatable bonds is 7. The van der Waals surface area contributed by atoms with E-state index in [4.69, 9.17) is 15.2 Å². The van der Waals surface area contributed by atoms with Crippen LogP contribution in [0, 0.1) is 20.8 Å². The van der Waals surface area contributed by atoms with E-state index in [1.54, 1.807) is 10.7 Å². The number of fused-ring (bicyclic) bond motifs is 1. The highest BCUT2D eigenvalue weighted by atomic mass is 16.5. The average molecular weight is 450 g/mol. The number of hydrogen-bond acceptors (Lipinski definition) is 7. The van der Waals surface area contributed by atoms with E-state index in [9.17, 15) is 9.59 Å². The summed E-state index contributed by atoms with van der Waals surface area (Å²) in [4.78, 5) is 32.8. The summed E-state index contributed by atoms with van der Waals surface area (Å²) >= 11 is 0. The summed E-state index contributed by atoms with van der Waals surface area (Å²) in [5.41, 5.74) is 9.35. The van der Waals surface area contributed by atoms with Crippen LogP contribution in [0.5, 0.6) is 11.5 Å². The molecule has 172 valence electrons. The Labute approximate surface area is 191 Å². The normalized spacial score (nSPS) is 15.0. The summed E-state index contributed by atoms with van der Waals surface area (Å²) in [5.74, 6) is 0.894. The van der Waals surface area contributed by atoms with Crippen LogP contribution in [-0.2, 0) is 9.59 Å². The highest BCUT2D eigenvalue weighted by Gasteiger charge is 2.33. The summed E-state index contributed by atoms with van der Waals surface area (Å²) in [6, 6.07) is 7.29. The Morgan fingerprint density at radius 3 is 2.55 bits per heavy atom. The molecular formula is C23H26N6O4. The van der Waals surface area contributed by atoms with Crippen LogP contribution in [0.15, 0.2) is 24.3 Å². The number of benzene rings is 1. The van der Waals surface area contributed by atoms with E-state index < -0.39 is 5.91 Å². The average Bonchev–Trinajstić information content (AvgIpc) is 3.08. The molecular weight excluding hydrogens is 424 g/mol. The Balaban J connectivity index is 1.78. The van der Waals surface area contributed by atoms with Gasteiger partial charge in [0, 0.05) is 29.3 Å². The fourth-order valence-electron chi connectivity index (χ4n) is 4.06. The number of nitrogens with two attached hydrogens (primary N) is 1. The minimum absolute atomic E-state index is 0.134. The second-order valence-electron chi connectivity index (χ2n) is 7.91. The van der Waals surface area contributed by atoms with Crippen LogP contribution in [0.3, 0.4) is 0 Å². The van der Waals surface area contributed by atoms with E-state index in [0.29, 0.717) is 29.9 Å². The number of aryl methyl sites for hydroxylation is 3. The molecule has 1 unspecified atom stereocenters. The van der Waals surface area contributed by atoms with Crippen molar-refractivity contribution in [1.82, 2.24) is 19.7 Å². The van der Waals surface area contributed by atoms with Crippen molar-refractivity contribution in [3.63, 3.8) is 0 Å². The second kappa shape index (κ2) is 8.89. The van der Waals surface area contributed by atoms with Gasteiger partial charge in [0.1, 0.15) is 5.82 Å². The molecule has 10 nitrogen and oxygen atoms in total. The second-order valence-corrected chi connectivity index (χ2v) is 7.91. The monoisotopic (exact) mass is 450 g/mol. The van der Waals surface area contributed by atoms with Crippen molar-refractivity contribution in [3.8, 4) is 17.4 Å². The smallest absolute Gasteiger partial charge is 0.255 e. The lowest BCUT2D eigenvalue weighted by molar-refractivity contribution is -0.120. The van der Waals surface area contributed by atoms with Gasteiger partial charge in [-0.1, -0.05) is 6.07 Å². The number of hydrogen-bond donors (Lipinski definition) is 2. The number of ether oxygens (including phenoxy) is 2. The Hall–Kier alpha value is -3.95. The number of aromatic nitrogens is 4. The Morgan fingerprint density at radius 1 is 1.15 bits per heavy atom. The topological polar surface area (TPSA) is 134 Å². The zero-order valence-electron chi connectivity index (χ0n) is 19.0. The molecule has 1 aliphatic heterocycles. The number of nitrogens with one attached hydrogen (secondary N) is 1. The van der Waals surface area contributed by atoms with Gasteiger partial charge in [0.25, 0.3) is 11.9 Å². The zero-order valence-corrected chi connectivity index (χ0v) is 19.0. The zero-order chi connectivity index (χ0) is 23.7. The molecule has 3 heterocycles. The van der Waals surface area contributed by atoms with Gasteiger partial charge in [-0.05, 0) is 51.5 Å². The first-order valence-electron chi connectivity index (χ1n) is 10.7. The van der Waals surface area contributed by atoms with Gasteiger partial charge in [0.05, 0.1) is 12.3 Å². The molecule has 0 spiro atoms. The van der Waals surface area contributed by atoms with E-state index in [-0.39, 0.29) is 24.9 Å². The van der Waals surface area contributed by atoms with Crippen LogP contribution in [0.2, 0.25) is 0 Å². The molecule has 3 aromatic rings. The van der Waals surface area contributed by atoms with Crippen molar-refractivity contribution in [2.75, 3.05) is 18.5 Å². The molecule has 4 rings (SSSR count). The van der Waals surface area contributed by atoms with Crippen molar-refractivity contribution in [2.45, 2.75) is 40.0 Å². The van der Waals surface area contributed by atoms with Crippen molar-refractivity contribution >= 4 is 17.6 Å². The van der Waals surface area contributed by atoms with E-state index in [0.717, 1.165) is 28.2 Å². The fraction of sp³-hybridized carbons (Fsp3) is 0.348. The van der Waals surface area contributed by atoms with E-state index >= 15 is 0 Å². The van der Waals surface area contributed by atoms with Crippen molar-refractivity contribution in [1.29, 1.82) is 0 Å². The Bertz CT molecular complexity index is 1220. The molecule has 0 saturated heterocycles. The van der Waals surface area contributed by atoms with Crippen molar-refractivity contribution in [2.24, 2.45) is 5.73 Å². The fourth-order valence-corrected chi connectivity index (χ4v) is 4.06. The number of nitrogens with zero attached hydrogens (tertiary/aromatic N) is 4. The van der Waals surface area contributed by atoms with Gasteiger partial charge in [0.2, 0.25) is 5.91 Å². The Morgan fingerprint density at radius 2 is 1.88 bits per heavy atom. The lowest BCUT2D eigenvalue weighted by Gasteiger charge is -2.25. The molecule has 1 atom stereocenters. The maximum absolute atomic E-state index is 12.7. The number of amides is 2. The van der Waals surface area contributed by atoms with Gasteiger partial charge in [0.15, 0.2) is 18.1 Å². The summed E-state index contributed by atoms with van der Waals surface area (Å²) in [5, 5.41) is 7.59. The van der Waals surface area contributed by atoms with Crippen molar-refractivity contribution in [3.05, 3.63) is 52.5 Å². The molecule has 2 aromatic heterocycles.